The van der Waals surface area contributed by atoms with Crippen molar-refractivity contribution in [2.24, 2.45) is 0 Å². The first-order valence-electron chi connectivity index (χ1n) is 7.89. The Morgan fingerprint density at radius 3 is 2.86 bits per heavy atom. The van der Waals surface area contributed by atoms with E-state index in [0.29, 0.717) is 25.9 Å². The maximum Gasteiger partial charge on any atom is 0.0945 e. The number of aliphatic hydroxyl groups is 1. The molecule has 1 aromatic rings. The minimum Gasteiger partial charge on any atom is -0.389 e. The van der Waals surface area contributed by atoms with Gasteiger partial charge in [0.05, 0.1) is 25.4 Å². The van der Waals surface area contributed by atoms with Crippen LogP contribution in [0.5, 0.6) is 0 Å². The van der Waals surface area contributed by atoms with Crippen LogP contribution in [0.4, 0.5) is 5.69 Å². The van der Waals surface area contributed by atoms with Gasteiger partial charge >= 0.3 is 0 Å². The maximum absolute atomic E-state index is 10.0. The van der Waals surface area contributed by atoms with Crippen molar-refractivity contribution in [3.63, 3.8) is 0 Å². The molecule has 1 fully saturated rings. The van der Waals surface area contributed by atoms with Crippen LogP contribution in [-0.4, -0.2) is 37.6 Å². The van der Waals surface area contributed by atoms with Crippen LogP contribution in [0.15, 0.2) is 24.3 Å². The summed E-state index contributed by atoms with van der Waals surface area (Å²) in [6, 6.07) is 8.05. The highest BCUT2D eigenvalue weighted by molar-refractivity contribution is 5.45. The third-order valence-electron chi connectivity index (χ3n) is 3.86. The lowest BCUT2D eigenvalue weighted by molar-refractivity contribution is -0.0195. The molecule has 4 heteroatoms. The molecular weight excluding hydrogens is 266 g/mol. The maximum atomic E-state index is 10.0. The van der Waals surface area contributed by atoms with Gasteiger partial charge in [-0.05, 0) is 30.5 Å². The fraction of sp³-hybridized carbons (Fsp3) is 0.647. The van der Waals surface area contributed by atoms with Gasteiger partial charge in [-0.15, -0.1) is 0 Å². The monoisotopic (exact) mass is 293 g/mol. The number of benzene rings is 1. The first-order chi connectivity index (χ1) is 10.3. The summed E-state index contributed by atoms with van der Waals surface area (Å²) in [6.45, 7) is 1.52. The molecule has 2 rings (SSSR count). The predicted molar refractivity (Wildman–Crippen MR) is 84.5 cm³/mol. The molecule has 0 aliphatic heterocycles. The van der Waals surface area contributed by atoms with Gasteiger partial charge < -0.3 is 19.9 Å². The molecule has 0 spiro atoms. The van der Waals surface area contributed by atoms with Gasteiger partial charge in [-0.25, -0.2) is 0 Å². The zero-order valence-electron chi connectivity index (χ0n) is 12.9. The lowest BCUT2D eigenvalue weighted by Crippen LogP contribution is -2.28. The van der Waals surface area contributed by atoms with Crippen LogP contribution in [0, 0.1) is 0 Å². The van der Waals surface area contributed by atoms with Crippen LogP contribution < -0.4 is 5.32 Å². The number of hydrogen-bond acceptors (Lipinski definition) is 4. The summed E-state index contributed by atoms with van der Waals surface area (Å²) >= 11 is 0. The summed E-state index contributed by atoms with van der Waals surface area (Å²) in [5, 5.41) is 13.2. The van der Waals surface area contributed by atoms with Crippen molar-refractivity contribution in [1.29, 1.82) is 0 Å². The summed E-state index contributed by atoms with van der Waals surface area (Å²) in [5.74, 6) is 0. The Balaban J connectivity index is 1.68. The van der Waals surface area contributed by atoms with Crippen molar-refractivity contribution < 1.29 is 14.6 Å². The molecule has 1 aromatic carbocycles. The standard InChI is InChI=1S/C17H27NO3/c1-20-12-14-6-5-7-15(10-14)18-11-16(19)13-21-17-8-3-2-4-9-17/h5-7,10,16-19H,2-4,8-9,11-13H2,1H3. The highest BCUT2D eigenvalue weighted by atomic mass is 16.5. The van der Waals surface area contributed by atoms with E-state index < -0.39 is 6.10 Å². The van der Waals surface area contributed by atoms with Gasteiger partial charge in [-0.3, -0.25) is 0 Å². The van der Waals surface area contributed by atoms with Gasteiger partial charge in [0.1, 0.15) is 0 Å². The van der Waals surface area contributed by atoms with Crippen molar-refractivity contribution in [3.8, 4) is 0 Å². The smallest absolute Gasteiger partial charge is 0.0945 e. The zero-order chi connectivity index (χ0) is 14.9. The molecule has 0 bridgehead atoms. The largest absolute Gasteiger partial charge is 0.389 e. The van der Waals surface area contributed by atoms with E-state index in [1.165, 1.54) is 19.3 Å². The Bertz CT molecular complexity index is 405. The van der Waals surface area contributed by atoms with Gasteiger partial charge in [0.25, 0.3) is 0 Å². The Kier molecular flexibility index (Phi) is 7.00. The van der Waals surface area contributed by atoms with E-state index in [-0.39, 0.29) is 0 Å². The van der Waals surface area contributed by atoms with E-state index in [1.807, 2.05) is 24.3 Å². The van der Waals surface area contributed by atoms with E-state index in [1.54, 1.807) is 7.11 Å². The zero-order valence-corrected chi connectivity index (χ0v) is 12.9. The molecule has 118 valence electrons. The summed E-state index contributed by atoms with van der Waals surface area (Å²) in [4.78, 5) is 0. The lowest BCUT2D eigenvalue weighted by Gasteiger charge is -2.23. The van der Waals surface area contributed by atoms with Crippen molar-refractivity contribution in [1.82, 2.24) is 0 Å². The average molecular weight is 293 g/mol. The third kappa shape index (κ3) is 6.04. The number of ether oxygens (including phenoxy) is 2. The normalized spacial score (nSPS) is 17.6. The van der Waals surface area contributed by atoms with E-state index in [0.717, 1.165) is 24.1 Å². The number of hydrogen-bond donors (Lipinski definition) is 2. The first-order valence-corrected chi connectivity index (χ1v) is 7.89. The van der Waals surface area contributed by atoms with Gasteiger partial charge in [-0.2, -0.15) is 0 Å². The molecule has 1 aliphatic carbocycles. The van der Waals surface area contributed by atoms with Crippen LogP contribution in [0.25, 0.3) is 0 Å². The Morgan fingerprint density at radius 1 is 1.29 bits per heavy atom. The van der Waals surface area contributed by atoms with Gasteiger partial charge in [-0.1, -0.05) is 31.4 Å². The van der Waals surface area contributed by atoms with E-state index in [2.05, 4.69) is 5.32 Å². The van der Waals surface area contributed by atoms with Crippen LogP contribution in [0.1, 0.15) is 37.7 Å². The topological polar surface area (TPSA) is 50.7 Å². The highest BCUT2D eigenvalue weighted by Crippen LogP contribution is 2.20. The van der Waals surface area contributed by atoms with Crippen molar-refractivity contribution in [3.05, 3.63) is 29.8 Å². The quantitative estimate of drug-likeness (QED) is 0.774. The molecule has 21 heavy (non-hydrogen) atoms. The van der Waals surface area contributed by atoms with E-state index >= 15 is 0 Å². The second-order valence-corrected chi connectivity index (χ2v) is 5.76. The van der Waals surface area contributed by atoms with E-state index in [9.17, 15) is 5.11 Å². The van der Waals surface area contributed by atoms with E-state index in [4.69, 9.17) is 9.47 Å². The van der Waals surface area contributed by atoms with Crippen LogP contribution >= 0.6 is 0 Å². The first kappa shape index (κ1) is 16.3. The predicted octanol–water partition coefficient (Wildman–Crippen LogP) is 2.96. The van der Waals surface area contributed by atoms with Crippen LogP contribution in [0.2, 0.25) is 0 Å². The van der Waals surface area contributed by atoms with Crippen molar-refractivity contribution >= 4 is 5.69 Å². The van der Waals surface area contributed by atoms with Gasteiger partial charge in [0, 0.05) is 19.3 Å². The summed E-state index contributed by atoms with van der Waals surface area (Å²) in [6.07, 6.45) is 5.98. The Hall–Kier alpha value is -1.10. The molecule has 2 N–H and O–H groups in total. The Labute approximate surface area is 127 Å². The van der Waals surface area contributed by atoms with Crippen LogP contribution in [0.3, 0.4) is 0 Å². The molecular formula is C17H27NO3. The lowest BCUT2D eigenvalue weighted by atomic mass is 9.98. The molecule has 0 heterocycles. The summed E-state index contributed by atoms with van der Waals surface area (Å²) < 4.78 is 10.9. The minimum absolute atomic E-state index is 0.346. The number of methoxy groups -OCH3 is 1. The summed E-state index contributed by atoms with van der Waals surface area (Å²) in [7, 11) is 1.69. The van der Waals surface area contributed by atoms with Gasteiger partial charge in [0.2, 0.25) is 0 Å². The average Bonchev–Trinajstić information content (AvgIpc) is 2.53. The fourth-order valence-electron chi connectivity index (χ4n) is 2.71. The minimum atomic E-state index is -0.474. The molecule has 0 aromatic heterocycles. The molecule has 1 atom stereocenters. The molecule has 1 aliphatic rings. The number of nitrogens with one attached hydrogen (secondary N) is 1. The molecule has 0 radical (unpaired) electrons. The second-order valence-electron chi connectivity index (χ2n) is 5.76. The number of aliphatic hydroxyl groups excluding tert-OH is 1. The fourth-order valence-corrected chi connectivity index (χ4v) is 2.71. The number of rotatable bonds is 8. The summed E-state index contributed by atoms with van der Waals surface area (Å²) in [5.41, 5.74) is 2.12. The SMILES string of the molecule is COCc1cccc(NCC(O)COC2CCCCC2)c1. The highest BCUT2D eigenvalue weighted by Gasteiger charge is 2.15. The van der Waals surface area contributed by atoms with Crippen LogP contribution in [-0.2, 0) is 16.1 Å². The molecule has 4 nitrogen and oxygen atoms in total. The molecule has 1 unspecified atom stereocenters. The Morgan fingerprint density at radius 2 is 2.10 bits per heavy atom. The number of anilines is 1. The molecule has 0 saturated heterocycles. The van der Waals surface area contributed by atoms with Gasteiger partial charge in [0.15, 0.2) is 0 Å². The second kappa shape index (κ2) is 9.03. The molecule has 0 amide bonds. The molecule has 1 saturated carbocycles. The third-order valence-corrected chi connectivity index (χ3v) is 3.86. The van der Waals surface area contributed by atoms with Crippen molar-refractivity contribution in [2.75, 3.05) is 25.6 Å². The van der Waals surface area contributed by atoms with Crippen molar-refractivity contribution in [2.45, 2.75) is 50.9 Å².